The summed E-state index contributed by atoms with van der Waals surface area (Å²) in [6.45, 7) is 1.53. The van der Waals surface area contributed by atoms with Gasteiger partial charge in [-0.05, 0) is 24.5 Å². The van der Waals surface area contributed by atoms with E-state index in [9.17, 15) is 9.59 Å². The number of carboxylic acids is 1. The van der Waals surface area contributed by atoms with Gasteiger partial charge in [-0.2, -0.15) is 0 Å². The summed E-state index contributed by atoms with van der Waals surface area (Å²) in [6.07, 6.45) is 2.69. The minimum atomic E-state index is -0.755. The highest BCUT2D eigenvalue weighted by atomic mass is 16.4. The van der Waals surface area contributed by atoms with E-state index in [0.29, 0.717) is 12.2 Å². The first-order chi connectivity index (χ1) is 9.47. The molecule has 6 nitrogen and oxygen atoms in total. The van der Waals surface area contributed by atoms with Crippen molar-refractivity contribution >= 4 is 17.6 Å². The maximum Gasteiger partial charge on any atom is 0.303 e. The van der Waals surface area contributed by atoms with Crippen molar-refractivity contribution in [2.24, 2.45) is 5.92 Å². The van der Waals surface area contributed by atoms with E-state index >= 15 is 0 Å². The largest absolute Gasteiger partial charge is 0.481 e. The second-order valence-electron chi connectivity index (χ2n) is 5.30. The monoisotopic (exact) mass is 277 g/mol. The van der Waals surface area contributed by atoms with Crippen molar-refractivity contribution in [3.63, 3.8) is 0 Å². The van der Waals surface area contributed by atoms with E-state index in [1.54, 1.807) is 26.4 Å². The van der Waals surface area contributed by atoms with Gasteiger partial charge in [-0.25, -0.2) is 0 Å². The Kier molecular flexibility index (Phi) is 4.22. The summed E-state index contributed by atoms with van der Waals surface area (Å²) in [5.74, 6) is -0.711. The van der Waals surface area contributed by atoms with E-state index in [1.807, 2.05) is 6.07 Å². The molecule has 1 saturated heterocycles. The zero-order valence-corrected chi connectivity index (χ0v) is 11.7. The Balaban J connectivity index is 2.09. The van der Waals surface area contributed by atoms with Crippen LogP contribution in [0.4, 0.5) is 5.69 Å². The number of nitrogens with zero attached hydrogens (tertiary/aromatic N) is 3. The molecule has 0 aliphatic carbocycles. The third-order valence-corrected chi connectivity index (χ3v) is 3.48. The summed E-state index contributed by atoms with van der Waals surface area (Å²) in [5.41, 5.74) is 1.34. The number of rotatable bonds is 4. The van der Waals surface area contributed by atoms with Crippen molar-refractivity contribution in [2.45, 2.75) is 12.8 Å². The van der Waals surface area contributed by atoms with Crippen LogP contribution < -0.4 is 4.90 Å². The van der Waals surface area contributed by atoms with E-state index < -0.39 is 5.97 Å². The molecule has 6 heteroatoms. The summed E-state index contributed by atoms with van der Waals surface area (Å²) in [6, 6.07) is 3.63. The highest BCUT2D eigenvalue weighted by Crippen LogP contribution is 2.25. The number of carboxylic acid groups (broad SMARTS) is 1. The van der Waals surface area contributed by atoms with E-state index in [4.69, 9.17) is 5.11 Å². The molecule has 1 unspecified atom stereocenters. The average Bonchev–Trinajstić information content (AvgIpc) is 2.85. The van der Waals surface area contributed by atoms with E-state index in [0.717, 1.165) is 18.7 Å². The number of aromatic nitrogens is 1. The van der Waals surface area contributed by atoms with Crippen LogP contribution in [0, 0.1) is 5.92 Å². The van der Waals surface area contributed by atoms with Crippen molar-refractivity contribution in [3.8, 4) is 0 Å². The minimum absolute atomic E-state index is 0.131. The highest BCUT2D eigenvalue weighted by molar-refractivity contribution is 5.92. The molecule has 0 spiro atoms. The number of hydrogen-bond donors (Lipinski definition) is 1. The third kappa shape index (κ3) is 3.26. The fourth-order valence-corrected chi connectivity index (χ4v) is 2.44. The molecule has 1 fully saturated rings. The number of anilines is 1. The number of hydrogen-bond acceptors (Lipinski definition) is 4. The summed E-state index contributed by atoms with van der Waals surface area (Å²) in [7, 11) is 3.38. The normalized spacial score (nSPS) is 18.1. The average molecular weight is 277 g/mol. The Morgan fingerprint density at radius 1 is 1.50 bits per heavy atom. The Bertz CT molecular complexity index is 516. The van der Waals surface area contributed by atoms with Crippen molar-refractivity contribution in [1.82, 2.24) is 9.88 Å². The number of carbonyl (C=O) groups excluding carboxylic acids is 1. The van der Waals surface area contributed by atoms with Crippen molar-refractivity contribution in [1.29, 1.82) is 0 Å². The first kappa shape index (κ1) is 14.3. The van der Waals surface area contributed by atoms with Crippen LogP contribution >= 0.6 is 0 Å². The molecule has 0 radical (unpaired) electrons. The van der Waals surface area contributed by atoms with Gasteiger partial charge < -0.3 is 14.9 Å². The lowest BCUT2D eigenvalue weighted by atomic mass is 10.1. The summed E-state index contributed by atoms with van der Waals surface area (Å²) < 4.78 is 0. The van der Waals surface area contributed by atoms with Gasteiger partial charge in [0.1, 0.15) is 5.69 Å². The maximum atomic E-state index is 11.9. The molecule has 1 aromatic heterocycles. The standard InChI is InChI=1S/C14H19N3O3/c1-16(2)14(20)12-8-11(3-5-15-12)17-6-4-10(9-17)7-13(18)19/h3,5,8,10H,4,6-7,9H2,1-2H3,(H,18,19). The summed E-state index contributed by atoms with van der Waals surface area (Å²) >= 11 is 0. The van der Waals surface area contributed by atoms with Gasteiger partial charge in [0.2, 0.25) is 0 Å². The summed E-state index contributed by atoms with van der Waals surface area (Å²) in [5, 5.41) is 8.83. The maximum absolute atomic E-state index is 11.9. The number of pyridine rings is 1. The summed E-state index contributed by atoms with van der Waals surface area (Å²) in [4.78, 5) is 30.3. The van der Waals surface area contributed by atoms with Crippen LogP contribution in [-0.4, -0.2) is 54.1 Å². The molecule has 2 rings (SSSR count). The Morgan fingerprint density at radius 3 is 2.90 bits per heavy atom. The predicted octanol–water partition coefficient (Wildman–Crippen LogP) is 1.08. The highest BCUT2D eigenvalue weighted by Gasteiger charge is 2.25. The van der Waals surface area contributed by atoms with Gasteiger partial charge >= 0.3 is 5.97 Å². The molecule has 1 aliphatic rings. The van der Waals surface area contributed by atoms with Crippen molar-refractivity contribution in [3.05, 3.63) is 24.0 Å². The van der Waals surface area contributed by atoms with Crippen molar-refractivity contribution in [2.75, 3.05) is 32.1 Å². The van der Waals surface area contributed by atoms with Crippen LogP contribution in [0.15, 0.2) is 18.3 Å². The van der Waals surface area contributed by atoms with Crippen LogP contribution in [0.2, 0.25) is 0 Å². The second kappa shape index (κ2) is 5.90. The molecule has 20 heavy (non-hydrogen) atoms. The fraction of sp³-hybridized carbons (Fsp3) is 0.500. The number of amides is 1. The smallest absolute Gasteiger partial charge is 0.303 e. The molecule has 108 valence electrons. The molecule has 1 amide bonds. The fourth-order valence-electron chi connectivity index (χ4n) is 2.44. The lowest BCUT2D eigenvalue weighted by Crippen LogP contribution is -2.24. The van der Waals surface area contributed by atoms with Crippen LogP contribution in [0.25, 0.3) is 0 Å². The Labute approximate surface area is 118 Å². The van der Waals surface area contributed by atoms with Gasteiger partial charge in [0.05, 0.1) is 0 Å². The second-order valence-corrected chi connectivity index (χ2v) is 5.30. The first-order valence-corrected chi connectivity index (χ1v) is 6.62. The van der Waals surface area contributed by atoms with Gasteiger partial charge in [0.25, 0.3) is 5.91 Å². The van der Waals surface area contributed by atoms with Gasteiger partial charge in [0, 0.05) is 45.5 Å². The molecule has 0 bridgehead atoms. The first-order valence-electron chi connectivity index (χ1n) is 6.62. The number of aliphatic carboxylic acids is 1. The Hall–Kier alpha value is -2.11. The molecule has 0 aromatic carbocycles. The predicted molar refractivity (Wildman–Crippen MR) is 74.8 cm³/mol. The molecule has 1 atom stereocenters. The van der Waals surface area contributed by atoms with Gasteiger partial charge in [-0.15, -0.1) is 0 Å². The van der Waals surface area contributed by atoms with E-state index in [-0.39, 0.29) is 18.2 Å². The van der Waals surface area contributed by atoms with Crippen LogP contribution in [0.5, 0.6) is 0 Å². The SMILES string of the molecule is CN(C)C(=O)c1cc(N2CCC(CC(=O)O)C2)ccn1. The topological polar surface area (TPSA) is 73.7 Å². The van der Waals surface area contributed by atoms with E-state index in [2.05, 4.69) is 9.88 Å². The minimum Gasteiger partial charge on any atom is -0.481 e. The number of carbonyl (C=O) groups is 2. The molecular formula is C14H19N3O3. The molecule has 1 aliphatic heterocycles. The van der Waals surface area contributed by atoms with E-state index in [1.165, 1.54) is 4.90 Å². The zero-order valence-electron chi connectivity index (χ0n) is 11.7. The third-order valence-electron chi connectivity index (χ3n) is 3.48. The van der Waals surface area contributed by atoms with Gasteiger partial charge in [-0.1, -0.05) is 0 Å². The molecule has 0 saturated carbocycles. The Morgan fingerprint density at radius 2 is 2.25 bits per heavy atom. The van der Waals surface area contributed by atoms with Crippen LogP contribution in [-0.2, 0) is 4.79 Å². The van der Waals surface area contributed by atoms with Crippen LogP contribution in [0.1, 0.15) is 23.3 Å². The van der Waals surface area contributed by atoms with Crippen LogP contribution in [0.3, 0.4) is 0 Å². The van der Waals surface area contributed by atoms with Gasteiger partial charge in [0.15, 0.2) is 0 Å². The molecule has 1 N–H and O–H groups in total. The lowest BCUT2D eigenvalue weighted by Gasteiger charge is -2.19. The lowest BCUT2D eigenvalue weighted by molar-refractivity contribution is -0.137. The zero-order chi connectivity index (χ0) is 14.7. The van der Waals surface area contributed by atoms with Gasteiger partial charge in [-0.3, -0.25) is 14.6 Å². The quantitative estimate of drug-likeness (QED) is 0.891. The molecule has 2 heterocycles. The molecular weight excluding hydrogens is 258 g/mol. The molecule has 1 aromatic rings. The van der Waals surface area contributed by atoms with Crippen molar-refractivity contribution < 1.29 is 14.7 Å².